The first-order valence-corrected chi connectivity index (χ1v) is 5.48. The van der Waals surface area contributed by atoms with Crippen molar-refractivity contribution in [3.8, 4) is 0 Å². The molecule has 0 radical (unpaired) electrons. The van der Waals surface area contributed by atoms with Crippen molar-refractivity contribution in [2.75, 3.05) is 13.1 Å². The maximum Gasteiger partial charge on any atom is 0.208 e. The van der Waals surface area contributed by atoms with Crippen molar-refractivity contribution in [3.05, 3.63) is 17.3 Å². The molecule has 1 fully saturated rings. The monoisotopic (exact) mass is 210 g/mol. The van der Waals surface area contributed by atoms with Crippen LogP contribution in [0.15, 0.2) is 4.42 Å². The Morgan fingerprint density at radius 2 is 2.07 bits per heavy atom. The van der Waals surface area contributed by atoms with Gasteiger partial charge in [0.1, 0.15) is 5.76 Å². The summed E-state index contributed by atoms with van der Waals surface area (Å²) in [5.41, 5.74) is 0.974. The lowest BCUT2D eigenvalue weighted by atomic mass is 10.1. The number of rotatable bonds is 2. The standard InChI is InChI=1S/C11H18N2O2/c1-8-9(2)15-11(12-8)7-13-5-3-10(14)4-6-13/h10,14H,3-7H2,1-2H3. The third-order valence-corrected chi connectivity index (χ3v) is 2.99. The van der Waals surface area contributed by atoms with E-state index in [0.29, 0.717) is 0 Å². The summed E-state index contributed by atoms with van der Waals surface area (Å²) in [7, 11) is 0. The average molecular weight is 210 g/mol. The Labute approximate surface area is 89.9 Å². The molecule has 0 saturated carbocycles. The summed E-state index contributed by atoms with van der Waals surface area (Å²) in [6.45, 7) is 6.53. The molecule has 84 valence electrons. The van der Waals surface area contributed by atoms with Crippen molar-refractivity contribution >= 4 is 0 Å². The van der Waals surface area contributed by atoms with Crippen molar-refractivity contribution in [1.82, 2.24) is 9.88 Å². The van der Waals surface area contributed by atoms with Gasteiger partial charge in [-0.3, -0.25) is 4.90 Å². The van der Waals surface area contributed by atoms with Crippen LogP contribution in [0.4, 0.5) is 0 Å². The predicted octanol–water partition coefficient (Wildman–Crippen LogP) is 1.25. The summed E-state index contributed by atoms with van der Waals surface area (Å²) in [5, 5.41) is 9.38. The molecule has 4 heteroatoms. The molecule has 0 amide bonds. The first-order valence-electron chi connectivity index (χ1n) is 5.48. The van der Waals surface area contributed by atoms with E-state index in [1.807, 2.05) is 13.8 Å². The quantitative estimate of drug-likeness (QED) is 0.798. The minimum Gasteiger partial charge on any atom is -0.444 e. The van der Waals surface area contributed by atoms with Gasteiger partial charge in [-0.1, -0.05) is 0 Å². The first-order chi connectivity index (χ1) is 7.15. The number of nitrogens with zero attached hydrogens (tertiary/aromatic N) is 2. The fourth-order valence-corrected chi connectivity index (χ4v) is 1.88. The van der Waals surface area contributed by atoms with Crippen LogP contribution in [-0.2, 0) is 6.54 Å². The van der Waals surface area contributed by atoms with E-state index >= 15 is 0 Å². The Hall–Kier alpha value is -0.870. The second kappa shape index (κ2) is 4.33. The van der Waals surface area contributed by atoms with Gasteiger partial charge < -0.3 is 9.52 Å². The maximum atomic E-state index is 9.38. The molecule has 0 spiro atoms. The van der Waals surface area contributed by atoms with E-state index in [1.54, 1.807) is 0 Å². The van der Waals surface area contributed by atoms with E-state index in [2.05, 4.69) is 9.88 Å². The molecule has 0 aromatic carbocycles. The van der Waals surface area contributed by atoms with Gasteiger partial charge in [0, 0.05) is 13.1 Å². The van der Waals surface area contributed by atoms with Gasteiger partial charge in [-0.2, -0.15) is 0 Å². The molecule has 1 aromatic heterocycles. The molecular weight excluding hydrogens is 192 g/mol. The molecule has 0 unspecified atom stereocenters. The Morgan fingerprint density at radius 1 is 1.40 bits per heavy atom. The average Bonchev–Trinajstić information content (AvgIpc) is 2.50. The largest absolute Gasteiger partial charge is 0.444 e. The molecule has 1 aromatic rings. The van der Waals surface area contributed by atoms with Crippen molar-refractivity contribution in [2.45, 2.75) is 39.3 Å². The zero-order valence-corrected chi connectivity index (χ0v) is 9.36. The van der Waals surface area contributed by atoms with Gasteiger partial charge in [-0.25, -0.2) is 4.98 Å². The molecule has 1 aliphatic rings. The Bertz CT molecular complexity index is 308. The lowest BCUT2D eigenvalue weighted by Gasteiger charge is -2.28. The molecule has 2 rings (SSSR count). The summed E-state index contributed by atoms with van der Waals surface area (Å²) in [5.74, 6) is 1.70. The Kier molecular flexibility index (Phi) is 3.07. The molecule has 1 N–H and O–H groups in total. The Morgan fingerprint density at radius 3 is 2.60 bits per heavy atom. The fraction of sp³-hybridized carbons (Fsp3) is 0.727. The van der Waals surface area contributed by atoms with E-state index in [-0.39, 0.29) is 6.10 Å². The predicted molar refractivity (Wildman–Crippen MR) is 56.5 cm³/mol. The van der Waals surface area contributed by atoms with E-state index in [4.69, 9.17) is 4.42 Å². The maximum absolute atomic E-state index is 9.38. The molecule has 2 heterocycles. The molecule has 0 bridgehead atoms. The van der Waals surface area contributed by atoms with Crippen LogP contribution >= 0.6 is 0 Å². The number of aromatic nitrogens is 1. The Balaban J connectivity index is 1.91. The lowest BCUT2D eigenvalue weighted by Crippen LogP contribution is -2.35. The number of aliphatic hydroxyl groups excluding tert-OH is 1. The number of aryl methyl sites for hydroxylation is 2. The highest BCUT2D eigenvalue weighted by atomic mass is 16.4. The van der Waals surface area contributed by atoms with E-state index < -0.39 is 0 Å². The second-order valence-corrected chi connectivity index (χ2v) is 4.26. The van der Waals surface area contributed by atoms with Crippen molar-refractivity contribution in [3.63, 3.8) is 0 Å². The number of hydrogen-bond acceptors (Lipinski definition) is 4. The molecule has 0 atom stereocenters. The highest BCUT2D eigenvalue weighted by Gasteiger charge is 2.18. The summed E-state index contributed by atoms with van der Waals surface area (Å²) in [6.07, 6.45) is 1.60. The number of hydrogen-bond donors (Lipinski definition) is 1. The zero-order chi connectivity index (χ0) is 10.8. The number of aliphatic hydroxyl groups is 1. The van der Waals surface area contributed by atoms with Gasteiger partial charge in [0.05, 0.1) is 18.3 Å². The number of piperidine rings is 1. The fourth-order valence-electron chi connectivity index (χ4n) is 1.88. The van der Waals surface area contributed by atoms with E-state index in [9.17, 15) is 5.11 Å². The molecule has 1 aliphatic heterocycles. The normalized spacial score (nSPS) is 19.7. The second-order valence-electron chi connectivity index (χ2n) is 4.26. The van der Waals surface area contributed by atoms with Crippen LogP contribution in [0.5, 0.6) is 0 Å². The third-order valence-electron chi connectivity index (χ3n) is 2.99. The minimum absolute atomic E-state index is 0.116. The third kappa shape index (κ3) is 2.58. The topological polar surface area (TPSA) is 49.5 Å². The van der Waals surface area contributed by atoms with Gasteiger partial charge >= 0.3 is 0 Å². The summed E-state index contributed by atoms with van der Waals surface area (Å²) < 4.78 is 5.53. The molecule has 0 aliphatic carbocycles. The van der Waals surface area contributed by atoms with Gasteiger partial charge in [-0.05, 0) is 26.7 Å². The highest BCUT2D eigenvalue weighted by molar-refractivity contribution is 5.05. The van der Waals surface area contributed by atoms with Gasteiger partial charge in [0.2, 0.25) is 5.89 Å². The van der Waals surface area contributed by atoms with E-state index in [1.165, 1.54) is 0 Å². The zero-order valence-electron chi connectivity index (χ0n) is 9.36. The van der Waals surface area contributed by atoms with Crippen molar-refractivity contribution in [1.29, 1.82) is 0 Å². The SMILES string of the molecule is Cc1nc(CN2CCC(O)CC2)oc1C. The van der Waals surface area contributed by atoms with Crippen LogP contribution in [0.1, 0.15) is 30.2 Å². The number of likely N-dealkylation sites (tertiary alicyclic amines) is 1. The van der Waals surface area contributed by atoms with Gasteiger partial charge in [-0.15, -0.1) is 0 Å². The number of oxazole rings is 1. The highest BCUT2D eigenvalue weighted by Crippen LogP contribution is 2.15. The first kappa shape index (κ1) is 10.6. The summed E-state index contributed by atoms with van der Waals surface area (Å²) >= 11 is 0. The summed E-state index contributed by atoms with van der Waals surface area (Å²) in [6, 6.07) is 0. The molecule has 1 saturated heterocycles. The van der Waals surface area contributed by atoms with Crippen LogP contribution < -0.4 is 0 Å². The minimum atomic E-state index is -0.116. The van der Waals surface area contributed by atoms with Crippen LogP contribution in [0.2, 0.25) is 0 Å². The van der Waals surface area contributed by atoms with Crippen LogP contribution in [0.3, 0.4) is 0 Å². The van der Waals surface area contributed by atoms with Crippen molar-refractivity contribution in [2.24, 2.45) is 0 Å². The van der Waals surface area contributed by atoms with Crippen molar-refractivity contribution < 1.29 is 9.52 Å². The van der Waals surface area contributed by atoms with Gasteiger partial charge in [0.15, 0.2) is 0 Å². The van der Waals surface area contributed by atoms with Crippen LogP contribution in [0, 0.1) is 13.8 Å². The smallest absolute Gasteiger partial charge is 0.208 e. The van der Waals surface area contributed by atoms with Crippen LogP contribution in [-0.4, -0.2) is 34.2 Å². The lowest BCUT2D eigenvalue weighted by molar-refractivity contribution is 0.0750. The summed E-state index contributed by atoms with van der Waals surface area (Å²) in [4.78, 5) is 6.63. The van der Waals surface area contributed by atoms with Crippen LogP contribution in [0.25, 0.3) is 0 Å². The van der Waals surface area contributed by atoms with E-state index in [0.717, 1.165) is 49.8 Å². The molecule has 4 nitrogen and oxygen atoms in total. The van der Waals surface area contributed by atoms with Gasteiger partial charge in [0.25, 0.3) is 0 Å². The molecule has 15 heavy (non-hydrogen) atoms. The molecular formula is C11H18N2O2.